The lowest BCUT2D eigenvalue weighted by Crippen LogP contribution is -2.38. The van der Waals surface area contributed by atoms with Gasteiger partial charge in [0.05, 0.1) is 36.7 Å². The van der Waals surface area contributed by atoms with Crippen LogP contribution in [-0.2, 0) is 4.79 Å². The summed E-state index contributed by atoms with van der Waals surface area (Å²) in [6, 6.07) is 15.4. The standard InChI is InChI=1S/C24H24N4O3/c1-30-18-7-8-21(22(13-18)31-2)27-24(29)16-9-11-28(12-10-16)23-17(14-25)15-26-20-6-4-3-5-19(20)23/h3-8,13,15-16H,9-12H2,1-2H3,(H,27,29). The number of benzene rings is 2. The molecule has 1 aliphatic heterocycles. The van der Waals surface area contributed by atoms with Gasteiger partial charge in [-0.15, -0.1) is 0 Å². The summed E-state index contributed by atoms with van der Waals surface area (Å²) in [5.41, 5.74) is 2.96. The summed E-state index contributed by atoms with van der Waals surface area (Å²) < 4.78 is 10.6. The molecule has 0 radical (unpaired) electrons. The van der Waals surface area contributed by atoms with Crippen LogP contribution in [0.15, 0.2) is 48.7 Å². The SMILES string of the molecule is COc1ccc(NC(=O)C2CCN(c3c(C#N)cnc4ccccc34)CC2)c(OC)c1. The Bertz CT molecular complexity index is 1150. The van der Waals surface area contributed by atoms with E-state index in [-0.39, 0.29) is 11.8 Å². The number of fused-ring (bicyclic) bond motifs is 1. The van der Waals surface area contributed by atoms with Gasteiger partial charge >= 0.3 is 0 Å². The molecule has 4 rings (SSSR count). The highest BCUT2D eigenvalue weighted by Crippen LogP contribution is 2.34. The average Bonchev–Trinajstić information content (AvgIpc) is 2.83. The van der Waals surface area contributed by atoms with Crippen molar-refractivity contribution >= 4 is 28.2 Å². The van der Waals surface area contributed by atoms with Gasteiger partial charge in [0.1, 0.15) is 17.6 Å². The molecule has 0 atom stereocenters. The molecule has 1 fully saturated rings. The Morgan fingerprint density at radius 2 is 1.94 bits per heavy atom. The van der Waals surface area contributed by atoms with Crippen molar-refractivity contribution in [2.45, 2.75) is 12.8 Å². The molecular formula is C24H24N4O3. The molecule has 0 saturated carbocycles. The Labute approximate surface area is 181 Å². The summed E-state index contributed by atoms with van der Waals surface area (Å²) in [5, 5.41) is 13.6. The predicted octanol–water partition coefficient (Wildman–Crippen LogP) is 3.98. The van der Waals surface area contributed by atoms with E-state index in [9.17, 15) is 10.1 Å². The molecule has 1 N–H and O–H groups in total. The zero-order valence-corrected chi connectivity index (χ0v) is 17.6. The molecule has 31 heavy (non-hydrogen) atoms. The van der Waals surface area contributed by atoms with Gasteiger partial charge in [0, 0.05) is 36.7 Å². The molecule has 7 heteroatoms. The quantitative estimate of drug-likeness (QED) is 0.677. The first kappa shape index (κ1) is 20.5. The smallest absolute Gasteiger partial charge is 0.227 e. The summed E-state index contributed by atoms with van der Waals surface area (Å²) in [6.45, 7) is 1.39. The number of pyridine rings is 1. The van der Waals surface area contributed by atoms with Crippen LogP contribution in [-0.4, -0.2) is 38.2 Å². The molecule has 0 bridgehead atoms. The number of rotatable bonds is 5. The van der Waals surface area contributed by atoms with E-state index >= 15 is 0 Å². The lowest BCUT2D eigenvalue weighted by Gasteiger charge is -2.34. The molecule has 158 valence electrons. The van der Waals surface area contributed by atoms with Crippen LogP contribution in [0.25, 0.3) is 10.9 Å². The topological polar surface area (TPSA) is 87.5 Å². The molecule has 1 saturated heterocycles. The first-order valence-corrected chi connectivity index (χ1v) is 10.2. The third kappa shape index (κ3) is 4.10. The van der Waals surface area contributed by atoms with Crippen LogP contribution in [0, 0.1) is 17.2 Å². The number of nitriles is 1. The number of ether oxygens (including phenoxy) is 2. The lowest BCUT2D eigenvalue weighted by molar-refractivity contribution is -0.120. The van der Waals surface area contributed by atoms with Gasteiger partial charge in [0.2, 0.25) is 5.91 Å². The second-order valence-corrected chi connectivity index (χ2v) is 7.47. The molecule has 1 aromatic heterocycles. The van der Waals surface area contributed by atoms with Crippen LogP contribution in [0.5, 0.6) is 11.5 Å². The number of piperidine rings is 1. The largest absolute Gasteiger partial charge is 0.497 e. The van der Waals surface area contributed by atoms with E-state index in [0.29, 0.717) is 48.7 Å². The van der Waals surface area contributed by atoms with Crippen molar-refractivity contribution < 1.29 is 14.3 Å². The molecule has 2 aromatic carbocycles. The normalized spacial score (nSPS) is 14.2. The second kappa shape index (κ2) is 8.92. The first-order valence-electron chi connectivity index (χ1n) is 10.2. The predicted molar refractivity (Wildman–Crippen MR) is 120 cm³/mol. The van der Waals surface area contributed by atoms with Gasteiger partial charge < -0.3 is 19.7 Å². The summed E-state index contributed by atoms with van der Waals surface area (Å²) in [4.78, 5) is 19.5. The van der Waals surface area contributed by atoms with Crippen LogP contribution in [0.4, 0.5) is 11.4 Å². The number of methoxy groups -OCH3 is 2. The number of nitrogens with one attached hydrogen (secondary N) is 1. The van der Waals surface area contributed by atoms with E-state index in [2.05, 4.69) is 21.3 Å². The minimum Gasteiger partial charge on any atom is -0.497 e. The van der Waals surface area contributed by atoms with Gasteiger partial charge in [-0.2, -0.15) is 5.26 Å². The number of aromatic nitrogens is 1. The fourth-order valence-electron chi connectivity index (χ4n) is 4.05. The highest BCUT2D eigenvalue weighted by Gasteiger charge is 2.27. The van der Waals surface area contributed by atoms with Crippen LogP contribution in [0.3, 0.4) is 0 Å². The maximum Gasteiger partial charge on any atom is 0.227 e. The van der Waals surface area contributed by atoms with Crippen molar-refractivity contribution in [2.24, 2.45) is 5.92 Å². The summed E-state index contributed by atoms with van der Waals surface area (Å²) in [5.74, 6) is 1.10. The number of amides is 1. The molecule has 7 nitrogen and oxygen atoms in total. The number of para-hydroxylation sites is 1. The van der Waals surface area contributed by atoms with E-state index in [0.717, 1.165) is 16.6 Å². The van der Waals surface area contributed by atoms with Gasteiger partial charge in [0.25, 0.3) is 0 Å². The number of nitrogens with zero attached hydrogens (tertiary/aromatic N) is 3. The van der Waals surface area contributed by atoms with Crippen LogP contribution < -0.4 is 19.7 Å². The molecular weight excluding hydrogens is 392 g/mol. The van der Waals surface area contributed by atoms with E-state index in [1.54, 1.807) is 38.6 Å². The van der Waals surface area contributed by atoms with E-state index in [1.807, 2.05) is 24.3 Å². The summed E-state index contributed by atoms with van der Waals surface area (Å²) in [6.07, 6.45) is 3.03. The number of hydrogen-bond donors (Lipinski definition) is 1. The van der Waals surface area contributed by atoms with Crippen LogP contribution in [0.1, 0.15) is 18.4 Å². The molecule has 0 spiro atoms. The monoisotopic (exact) mass is 416 g/mol. The maximum absolute atomic E-state index is 12.9. The molecule has 0 unspecified atom stereocenters. The van der Waals surface area contributed by atoms with Crippen molar-refractivity contribution in [3.63, 3.8) is 0 Å². The van der Waals surface area contributed by atoms with Gasteiger partial charge in [0.15, 0.2) is 0 Å². The minimum atomic E-state index is -0.110. The van der Waals surface area contributed by atoms with Crippen LogP contribution in [0.2, 0.25) is 0 Å². The second-order valence-electron chi connectivity index (χ2n) is 7.47. The maximum atomic E-state index is 12.9. The molecule has 2 heterocycles. The first-order chi connectivity index (χ1) is 15.1. The Hall–Kier alpha value is -3.79. The van der Waals surface area contributed by atoms with Crippen molar-refractivity contribution in [2.75, 3.05) is 37.5 Å². The summed E-state index contributed by atoms with van der Waals surface area (Å²) >= 11 is 0. The third-order valence-corrected chi connectivity index (χ3v) is 5.72. The Kier molecular flexibility index (Phi) is 5.89. The van der Waals surface area contributed by atoms with Gasteiger partial charge in [-0.05, 0) is 31.0 Å². The van der Waals surface area contributed by atoms with Gasteiger partial charge in [-0.1, -0.05) is 18.2 Å². The zero-order chi connectivity index (χ0) is 21.8. The van der Waals surface area contributed by atoms with Crippen LogP contribution >= 0.6 is 0 Å². The zero-order valence-electron chi connectivity index (χ0n) is 17.6. The van der Waals surface area contributed by atoms with E-state index in [4.69, 9.17) is 9.47 Å². The van der Waals surface area contributed by atoms with Crippen molar-refractivity contribution in [1.82, 2.24) is 4.98 Å². The van der Waals surface area contributed by atoms with Crippen molar-refractivity contribution in [3.05, 3.63) is 54.2 Å². The third-order valence-electron chi connectivity index (χ3n) is 5.72. The highest BCUT2D eigenvalue weighted by atomic mass is 16.5. The minimum absolute atomic E-state index is 0.0248. The fourth-order valence-corrected chi connectivity index (χ4v) is 4.05. The molecule has 1 aliphatic rings. The van der Waals surface area contributed by atoms with Crippen molar-refractivity contribution in [1.29, 1.82) is 5.26 Å². The lowest BCUT2D eigenvalue weighted by atomic mass is 9.94. The number of carbonyl (C=O) groups is 1. The molecule has 1 amide bonds. The number of anilines is 2. The Balaban J connectivity index is 1.48. The van der Waals surface area contributed by atoms with Gasteiger partial charge in [-0.25, -0.2) is 0 Å². The number of hydrogen-bond acceptors (Lipinski definition) is 6. The highest BCUT2D eigenvalue weighted by molar-refractivity contribution is 5.96. The Morgan fingerprint density at radius 3 is 2.65 bits per heavy atom. The van der Waals surface area contributed by atoms with E-state index < -0.39 is 0 Å². The number of carbonyl (C=O) groups excluding carboxylic acids is 1. The summed E-state index contributed by atoms with van der Waals surface area (Å²) in [7, 11) is 3.15. The average molecular weight is 416 g/mol. The molecule has 3 aromatic rings. The fraction of sp³-hybridized carbons (Fsp3) is 0.292. The van der Waals surface area contributed by atoms with E-state index in [1.165, 1.54) is 0 Å². The molecule has 0 aliphatic carbocycles. The van der Waals surface area contributed by atoms with Crippen molar-refractivity contribution in [3.8, 4) is 17.6 Å². The Morgan fingerprint density at radius 1 is 1.16 bits per heavy atom. The van der Waals surface area contributed by atoms with Gasteiger partial charge in [-0.3, -0.25) is 9.78 Å².